The molecule has 4 N–H and O–H groups in total. The van der Waals surface area contributed by atoms with Gasteiger partial charge >= 0.3 is 0 Å². The fraction of sp³-hybridized carbons (Fsp3) is 0.591. The van der Waals surface area contributed by atoms with Crippen LogP contribution in [0.2, 0.25) is 0 Å². The van der Waals surface area contributed by atoms with Crippen LogP contribution in [0.5, 0.6) is 0 Å². The first-order valence-corrected chi connectivity index (χ1v) is 11.5. The maximum absolute atomic E-state index is 12.4. The molecule has 0 bridgehead atoms. The molecule has 3 rings (SSSR count). The lowest BCUT2D eigenvalue weighted by Crippen LogP contribution is -2.44. The molecule has 0 aliphatic carbocycles. The molecule has 1 aliphatic heterocycles. The summed E-state index contributed by atoms with van der Waals surface area (Å²) in [5, 5.41) is 18.5. The Bertz CT molecular complexity index is 895. The van der Waals surface area contributed by atoms with Gasteiger partial charge in [0.15, 0.2) is 5.82 Å². The number of ether oxygens (including phenoxy) is 2. The van der Waals surface area contributed by atoms with Crippen molar-refractivity contribution in [3.63, 3.8) is 0 Å². The maximum Gasteiger partial charge on any atom is 0.228 e. The van der Waals surface area contributed by atoms with E-state index < -0.39 is 6.67 Å². The fourth-order valence-electron chi connectivity index (χ4n) is 3.29. The van der Waals surface area contributed by atoms with Gasteiger partial charge in [0.1, 0.15) is 30.2 Å². The molecule has 11 nitrogen and oxygen atoms in total. The predicted octanol–water partition coefficient (Wildman–Crippen LogP) is 1.86. The Morgan fingerprint density at radius 2 is 2.06 bits per heavy atom. The number of aromatic nitrogens is 4. The Morgan fingerprint density at radius 3 is 2.76 bits per heavy atom. The highest BCUT2D eigenvalue weighted by Gasteiger charge is 2.22. The van der Waals surface area contributed by atoms with E-state index in [2.05, 4.69) is 44.7 Å². The Labute approximate surface area is 199 Å². The van der Waals surface area contributed by atoms with Crippen LogP contribution in [0.4, 0.5) is 27.7 Å². The molecule has 1 aliphatic rings. The quantitative estimate of drug-likeness (QED) is 0.237. The summed E-state index contributed by atoms with van der Waals surface area (Å²) < 4.78 is 23.4. The first kappa shape index (κ1) is 25.7. The molecule has 0 radical (unpaired) electrons. The molecule has 0 spiro atoms. The average molecular weight is 476 g/mol. The Morgan fingerprint density at radius 1 is 1.24 bits per heavy atom. The van der Waals surface area contributed by atoms with Gasteiger partial charge in [-0.1, -0.05) is 13.8 Å². The average Bonchev–Trinajstić information content (AvgIpc) is 2.85. The first-order chi connectivity index (χ1) is 16.6. The van der Waals surface area contributed by atoms with E-state index in [9.17, 15) is 4.39 Å². The summed E-state index contributed by atoms with van der Waals surface area (Å²) in [5.74, 6) is 1.93. The van der Waals surface area contributed by atoms with Crippen molar-refractivity contribution in [2.24, 2.45) is 5.92 Å². The lowest BCUT2D eigenvalue weighted by Gasteiger charge is -2.29. The number of alkyl halides is 1. The second-order valence-electron chi connectivity index (χ2n) is 8.17. The van der Waals surface area contributed by atoms with Gasteiger partial charge in [0.25, 0.3) is 0 Å². The van der Waals surface area contributed by atoms with E-state index in [1.54, 1.807) is 12.3 Å². The van der Waals surface area contributed by atoms with Crippen LogP contribution in [0.15, 0.2) is 18.6 Å². The van der Waals surface area contributed by atoms with Crippen molar-refractivity contribution in [1.82, 2.24) is 25.3 Å². The number of rotatable bonds is 14. The van der Waals surface area contributed by atoms with Crippen LogP contribution in [-0.4, -0.2) is 91.5 Å². The van der Waals surface area contributed by atoms with Gasteiger partial charge < -0.3 is 35.7 Å². The molecule has 0 unspecified atom stereocenters. The highest BCUT2D eigenvalue weighted by Crippen LogP contribution is 2.29. The van der Waals surface area contributed by atoms with E-state index >= 15 is 0 Å². The minimum Gasteiger partial charge on any atom is -0.378 e. The van der Waals surface area contributed by atoms with Gasteiger partial charge in [0.05, 0.1) is 25.5 Å². The molecule has 2 aromatic heterocycles. The first-order valence-electron chi connectivity index (χ1n) is 11.5. The zero-order valence-corrected chi connectivity index (χ0v) is 19.8. The molecule has 0 atom stereocenters. The molecule has 0 amide bonds. The Balaban J connectivity index is 1.94. The number of nitrogens with zero attached hydrogens (tertiary/aromatic N) is 5. The lowest BCUT2D eigenvalue weighted by atomic mass is 10.2. The minimum absolute atomic E-state index is 0.0396. The number of anilines is 4. The zero-order valence-electron chi connectivity index (χ0n) is 19.8. The van der Waals surface area contributed by atoms with Crippen LogP contribution >= 0.6 is 0 Å². The molecule has 12 heteroatoms. The molecule has 1 saturated heterocycles. The van der Waals surface area contributed by atoms with Gasteiger partial charge in [-0.2, -0.15) is 4.98 Å². The Kier molecular flexibility index (Phi) is 10.3. The van der Waals surface area contributed by atoms with Crippen molar-refractivity contribution in [2.75, 3.05) is 81.4 Å². The molecule has 3 heterocycles. The van der Waals surface area contributed by atoms with Gasteiger partial charge in [0.2, 0.25) is 5.95 Å². The number of hydrogen-bond donors (Lipinski definition) is 4. The smallest absolute Gasteiger partial charge is 0.228 e. The SMILES string of the molecule is CC(C)COCC(=N)c1nc(N2CCNCC2)nc(Nc2ccncn2)c1NCCOCCF. The summed E-state index contributed by atoms with van der Waals surface area (Å²) in [6, 6.07) is 1.73. The van der Waals surface area contributed by atoms with Crippen molar-refractivity contribution in [1.29, 1.82) is 5.41 Å². The van der Waals surface area contributed by atoms with Crippen molar-refractivity contribution in [3.8, 4) is 0 Å². The highest BCUT2D eigenvalue weighted by molar-refractivity contribution is 6.04. The van der Waals surface area contributed by atoms with Crippen molar-refractivity contribution in [2.45, 2.75) is 13.8 Å². The predicted molar refractivity (Wildman–Crippen MR) is 130 cm³/mol. The zero-order chi connectivity index (χ0) is 24.2. The third-order valence-electron chi connectivity index (χ3n) is 4.88. The Hall–Kier alpha value is -2.96. The van der Waals surface area contributed by atoms with Crippen LogP contribution in [-0.2, 0) is 9.47 Å². The summed E-state index contributed by atoms with van der Waals surface area (Å²) in [5.41, 5.74) is 1.21. The number of halogens is 1. The summed E-state index contributed by atoms with van der Waals surface area (Å²) >= 11 is 0. The highest BCUT2D eigenvalue weighted by atomic mass is 19.1. The van der Waals surface area contributed by atoms with E-state index in [0.717, 1.165) is 26.2 Å². The molecule has 1 fully saturated rings. The van der Waals surface area contributed by atoms with Crippen LogP contribution in [0, 0.1) is 11.3 Å². The topological polar surface area (TPSA) is 133 Å². The summed E-state index contributed by atoms with van der Waals surface area (Å²) in [6.45, 7) is 8.15. The van der Waals surface area contributed by atoms with Crippen LogP contribution in [0.25, 0.3) is 0 Å². The summed E-state index contributed by atoms with van der Waals surface area (Å²) in [6.07, 6.45) is 3.08. The van der Waals surface area contributed by atoms with Crippen molar-refractivity contribution in [3.05, 3.63) is 24.3 Å². The molecule has 34 heavy (non-hydrogen) atoms. The van der Waals surface area contributed by atoms with Crippen LogP contribution in [0.1, 0.15) is 19.5 Å². The monoisotopic (exact) mass is 475 g/mol. The largest absolute Gasteiger partial charge is 0.378 e. The van der Waals surface area contributed by atoms with Crippen LogP contribution < -0.4 is 20.9 Å². The van der Waals surface area contributed by atoms with E-state index in [1.807, 2.05) is 0 Å². The van der Waals surface area contributed by atoms with Gasteiger partial charge in [-0.15, -0.1) is 0 Å². The van der Waals surface area contributed by atoms with Gasteiger partial charge in [-0.3, -0.25) is 0 Å². The van der Waals surface area contributed by atoms with Crippen molar-refractivity contribution >= 4 is 29.0 Å². The van der Waals surface area contributed by atoms with E-state index in [1.165, 1.54) is 6.33 Å². The molecule has 0 aromatic carbocycles. The van der Waals surface area contributed by atoms with E-state index in [4.69, 9.17) is 24.9 Å². The number of nitrogens with one attached hydrogen (secondary N) is 4. The molecule has 186 valence electrons. The standard InChI is InChI=1S/C22H34FN9O2/c1-16(2)13-34-14-17(24)19-20(27-8-12-33-11-4-23)21(29-18-3-5-26-15-28-18)31-22(30-19)32-9-6-25-7-10-32/h3,5,15-16,24-25,27H,4,6-14H2,1-2H3,(H,26,28,29,30,31). The third-order valence-corrected chi connectivity index (χ3v) is 4.88. The maximum atomic E-state index is 12.4. The van der Waals surface area contributed by atoms with Gasteiger partial charge in [0, 0.05) is 45.5 Å². The fourth-order valence-corrected chi connectivity index (χ4v) is 3.29. The molecular formula is C22H34FN9O2. The van der Waals surface area contributed by atoms with Crippen molar-refractivity contribution < 1.29 is 13.9 Å². The number of piperazine rings is 1. The van der Waals surface area contributed by atoms with Gasteiger partial charge in [-0.25, -0.2) is 19.3 Å². The second kappa shape index (κ2) is 13.7. The number of hydrogen-bond acceptors (Lipinski definition) is 11. The lowest BCUT2D eigenvalue weighted by molar-refractivity contribution is 0.128. The molecule has 0 saturated carbocycles. The van der Waals surface area contributed by atoms with E-state index in [-0.39, 0.29) is 18.9 Å². The van der Waals surface area contributed by atoms with Gasteiger partial charge in [-0.05, 0) is 12.0 Å². The molecule has 2 aromatic rings. The summed E-state index contributed by atoms with van der Waals surface area (Å²) in [4.78, 5) is 19.8. The van der Waals surface area contributed by atoms with E-state index in [0.29, 0.717) is 54.6 Å². The minimum atomic E-state index is -0.536. The second-order valence-corrected chi connectivity index (χ2v) is 8.17. The third kappa shape index (κ3) is 7.82. The van der Waals surface area contributed by atoms with Crippen LogP contribution in [0.3, 0.4) is 0 Å². The summed E-state index contributed by atoms with van der Waals surface area (Å²) in [7, 11) is 0. The normalized spacial score (nSPS) is 13.8. The molecular weight excluding hydrogens is 441 g/mol.